The molecule has 0 bridgehead atoms. The van der Waals surface area contributed by atoms with Gasteiger partial charge in [0.15, 0.2) is 11.5 Å². The number of piperazine rings is 1. The molecule has 13 heteroatoms. The third-order valence-corrected chi connectivity index (χ3v) is 6.56. The molecule has 0 atom stereocenters. The molecule has 36 heavy (non-hydrogen) atoms. The van der Waals surface area contributed by atoms with E-state index in [0.29, 0.717) is 37.4 Å². The zero-order chi connectivity index (χ0) is 25.6. The first-order valence-corrected chi connectivity index (χ1v) is 11.8. The van der Waals surface area contributed by atoms with Crippen LogP contribution >= 0.6 is 11.6 Å². The Morgan fingerprint density at radius 1 is 1.19 bits per heavy atom. The minimum Gasteiger partial charge on any atom is -0.336 e. The van der Waals surface area contributed by atoms with Gasteiger partial charge in [-0.1, -0.05) is 11.6 Å². The van der Waals surface area contributed by atoms with Gasteiger partial charge in [-0.15, -0.1) is 0 Å². The fourth-order valence-electron chi connectivity index (χ4n) is 4.18. The van der Waals surface area contributed by atoms with Crippen molar-refractivity contribution in [2.45, 2.75) is 25.1 Å². The monoisotopic (exact) mass is 521 g/mol. The fraction of sp³-hybridized carbons (Fsp3) is 0.391. The maximum absolute atomic E-state index is 13.6. The standard InChI is InChI=1S/C23H23ClF3N7O2/c1-32-18(16-12-34(14-3-4-14)31-19(16)23(25,26)27)11-29-20(32)21(35)30-13-2-5-15(17(24)10-13)22(36)33-8-6-28-7-9-33/h2,5,10-12,14,28H,3-4,6-9H2,1H3,(H,30,35). The quantitative estimate of drug-likeness (QED) is 0.535. The van der Waals surface area contributed by atoms with Gasteiger partial charge in [-0.2, -0.15) is 18.3 Å². The Labute approximate surface area is 209 Å². The Balaban J connectivity index is 1.36. The van der Waals surface area contributed by atoms with Crippen molar-refractivity contribution in [1.82, 2.24) is 29.5 Å². The average molecular weight is 522 g/mol. The molecule has 2 aromatic heterocycles. The highest BCUT2D eigenvalue weighted by atomic mass is 35.5. The number of nitrogens with zero attached hydrogens (tertiary/aromatic N) is 5. The van der Waals surface area contributed by atoms with Crippen molar-refractivity contribution < 1.29 is 22.8 Å². The number of carbonyl (C=O) groups is 2. The average Bonchev–Trinajstić information content (AvgIpc) is 3.47. The number of halogens is 4. The van der Waals surface area contributed by atoms with Crippen molar-refractivity contribution >= 4 is 29.1 Å². The number of anilines is 1. The molecule has 2 N–H and O–H groups in total. The van der Waals surface area contributed by atoms with Crippen LogP contribution in [0.5, 0.6) is 0 Å². The molecule has 0 radical (unpaired) electrons. The molecule has 3 aromatic rings. The van der Waals surface area contributed by atoms with Crippen molar-refractivity contribution in [2.75, 3.05) is 31.5 Å². The Bertz CT molecular complexity index is 1320. The Hall–Kier alpha value is -3.38. The number of nitrogens with one attached hydrogen (secondary N) is 2. The molecular formula is C23H23ClF3N7O2. The van der Waals surface area contributed by atoms with Crippen molar-refractivity contribution in [3.8, 4) is 11.3 Å². The minimum absolute atomic E-state index is 0.0398. The summed E-state index contributed by atoms with van der Waals surface area (Å²) in [5.41, 5.74) is -0.385. The first-order valence-electron chi connectivity index (χ1n) is 11.4. The van der Waals surface area contributed by atoms with Crippen LogP contribution in [-0.4, -0.2) is 62.2 Å². The Morgan fingerprint density at radius 2 is 1.92 bits per heavy atom. The molecule has 190 valence electrons. The zero-order valence-electron chi connectivity index (χ0n) is 19.3. The van der Waals surface area contributed by atoms with Crippen LogP contribution in [0.25, 0.3) is 11.3 Å². The van der Waals surface area contributed by atoms with Gasteiger partial charge in [0.05, 0.1) is 34.1 Å². The Morgan fingerprint density at radius 3 is 2.56 bits per heavy atom. The number of imidazole rings is 1. The van der Waals surface area contributed by atoms with E-state index in [1.807, 2.05) is 0 Å². The van der Waals surface area contributed by atoms with Crippen molar-refractivity contribution in [3.05, 3.63) is 52.7 Å². The lowest BCUT2D eigenvalue weighted by molar-refractivity contribution is -0.141. The Kier molecular flexibility index (Phi) is 6.25. The highest BCUT2D eigenvalue weighted by molar-refractivity contribution is 6.34. The summed E-state index contributed by atoms with van der Waals surface area (Å²) in [4.78, 5) is 31.4. The summed E-state index contributed by atoms with van der Waals surface area (Å²) in [6.07, 6.45) is -0.518. The van der Waals surface area contributed by atoms with E-state index >= 15 is 0 Å². The normalized spacial score (nSPS) is 16.3. The van der Waals surface area contributed by atoms with E-state index in [0.717, 1.165) is 12.8 Å². The van der Waals surface area contributed by atoms with Gasteiger partial charge in [0, 0.05) is 45.1 Å². The van der Waals surface area contributed by atoms with Crippen LogP contribution in [0.1, 0.15) is 45.6 Å². The van der Waals surface area contributed by atoms with Crippen molar-refractivity contribution in [1.29, 1.82) is 0 Å². The van der Waals surface area contributed by atoms with Crippen molar-refractivity contribution in [2.24, 2.45) is 7.05 Å². The molecule has 5 rings (SSSR count). The number of hydrogen-bond donors (Lipinski definition) is 2. The maximum Gasteiger partial charge on any atom is 0.435 e. The SMILES string of the molecule is Cn1c(-c2cn(C3CC3)nc2C(F)(F)F)cnc1C(=O)Nc1ccc(C(=O)N2CCNCC2)c(Cl)c1. The van der Waals surface area contributed by atoms with E-state index in [9.17, 15) is 22.8 Å². The first-order chi connectivity index (χ1) is 17.1. The summed E-state index contributed by atoms with van der Waals surface area (Å²) >= 11 is 6.33. The van der Waals surface area contributed by atoms with Crippen LogP contribution in [0.4, 0.5) is 18.9 Å². The van der Waals surface area contributed by atoms with E-state index in [-0.39, 0.29) is 34.1 Å². The van der Waals surface area contributed by atoms with Crippen LogP contribution in [0.2, 0.25) is 5.02 Å². The summed E-state index contributed by atoms with van der Waals surface area (Å²) in [5.74, 6) is -0.918. The van der Waals surface area contributed by atoms with Gasteiger partial charge < -0.3 is 20.1 Å². The van der Waals surface area contributed by atoms with E-state index in [1.165, 1.54) is 40.8 Å². The van der Waals surface area contributed by atoms with E-state index < -0.39 is 17.8 Å². The number of hydrogen-bond acceptors (Lipinski definition) is 5. The van der Waals surface area contributed by atoms with E-state index in [1.54, 1.807) is 11.0 Å². The maximum atomic E-state index is 13.6. The van der Waals surface area contributed by atoms with Crippen LogP contribution in [-0.2, 0) is 13.2 Å². The summed E-state index contributed by atoms with van der Waals surface area (Å²) < 4.78 is 43.5. The molecule has 0 spiro atoms. The molecule has 9 nitrogen and oxygen atoms in total. The van der Waals surface area contributed by atoms with E-state index in [4.69, 9.17) is 11.6 Å². The van der Waals surface area contributed by atoms with Crippen LogP contribution in [0.15, 0.2) is 30.6 Å². The van der Waals surface area contributed by atoms with Gasteiger partial charge in [-0.3, -0.25) is 14.3 Å². The topological polar surface area (TPSA) is 97.1 Å². The number of aromatic nitrogens is 4. The fourth-order valence-corrected chi connectivity index (χ4v) is 4.44. The lowest BCUT2D eigenvalue weighted by Crippen LogP contribution is -2.46. The highest BCUT2D eigenvalue weighted by Gasteiger charge is 2.40. The number of amides is 2. The molecule has 1 saturated carbocycles. The molecule has 1 aliphatic heterocycles. The predicted octanol–water partition coefficient (Wildman–Crippen LogP) is 3.59. The van der Waals surface area contributed by atoms with Gasteiger partial charge in [-0.25, -0.2) is 4.98 Å². The first kappa shape index (κ1) is 24.3. The summed E-state index contributed by atoms with van der Waals surface area (Å²) in [7, 11) is 1.47. The lowest BCUT2D eigenvalue weighted by Gasteiger charge is -2.27. The summed E-state index contributed by atoms with van der Waals surface area (Å²) in [6, 6.07) is 4.50. The summed E-state index contributed by atoms with van der Waals surface area (Å²) in [6.45, 7) is 2.56. The molecule has 3 heterocycles. The van der Waals surface area contributed by atoms with Crippen LogP contribution in [0.3, 0.4) is 0 Å². The summed E-state index contributed by atoms with van der Waals surface area (Å²) in [5, 5.41) is 9.75. The van der Waals surface area contributed by atoms with Crippen LogP contribution in [0, 0.1) is 0 Å². The van der Waals surface area contributed by atoms with Gasteiger partial charge >= 0.3 is 6.18 Å². The van der Waals surface area contributed by atoms with Crippen LogP contribution < -0.4 is 10.6 Å². The number of rotatable bonds is 5. The number of alkyl halides is 3. The number of benzene rings is 1. The van der Waals surface area contributed by atoms with Gasteiger partial charge in [0.1, 0.15) is 0 Å². The van der Waals surface area contributed by atoms with E-state index in [2.05, 4.69) is 20.7 Å². The second-order valence-electron chi connectivity index (χ2n) is 8.82. The van der Waals surface area contributed by atoms with Crippen molar-refractivity contribution in [3.63, 3.8) is 0 Å². The van der Waals surface area contributed by atoms with Gasteiger partial charge in [-0.05, 0) is 31.0 Å². The molecule has 0 unspecified atom stereocenters. The zero-order valence-corrected chi connectivity index (χ0v) is 20.0. The molecule has 1 aromatic carbocycles. The lowest BCUT2D eigenvalue weighted by atomic mass is 10.1. The molecular weight excluding hydrogens is 499 g/mol. The third-order valence-electron chi connectivity index (χ3n) is 6.25. The minimum atomic E-state index is -4.65. The largest absolute Gasteiger partial charge is 0.435 e. The predicted molar refractivity (Wildman–Crippen MR) is 126 cm³/mol. The smallest absolute Gasteiger partial charge is 0.336 e. The third kappa shape index (κ3) is 4.70. The molecule has 1 saturated heterocycles. The van der Waals surface area contributed by atoms with Gasteiger partial charge in [0.25, 0.3) is 11.8 Å². The molecule has 2 amide bonds. The molecule has 1 aliphatic carbocycles. The van der Waals surface area contributed by atoms with Gasteiger partial charge in [0.2, 0.25) is 0 Å². The molecule has 2 fully saturated rings. The second-order valence-corrected chi connectivity index (χ2v) is 9.22. The molecule has 2 aliphatic rings. The second kappa shape index (κ2) is 9.25. The number of carbonyl (C=O) groups excluding carboxylic acids is 2. The highest BCUT2D eigenvalue weighted by Crippen LogP contribution is 2.41.